The molecule has 0 bridgehead atoms. The molecule has 1 saturated carbocycles. The highest BCUT2D eigenvalue weighted by Crippen LogP contribution is 2.51. The van der Waals surface area contributed by atoms with Gasteiger partial charge in [-0.25, -0.2) is 0 Å². The number of aliphatic imine (C=N–C) groups is 1. The van der Waals surface area contributed by atoms with Crippen molar-refractivity contribution in [2.45, 2.75) is 25.7 Å². The summed E-state index contributed by atoms with van der Waals surface area (Å²) in [6, 6.07) is 0. The lowest BCUT2D eigenvalue weighted by Gasteiger charge is -2.29. The second-order valence-corrected chi connectivity index (χ2v) is 4.52. The first kappa shape index (κ1) is 10.4. The van der Waals surface area contributed by atoms with Gasteiger partial charge < -0.3 is 0 Å². The summed E-state index contributed by atoms with van der Waals surface area (Å²) in [7, 11) is 0. The number of fused-ring (bicyclic) bond motifs is 1. The molecule has 0 radical (unpaired) electrons. The monoisotopic (exact) mass is 201 g/mol. The molecule has 2 rings (SSSR count). The topological polar surface area (TPSA) is 12.4 Å². The molecule has 0 aliphatic heterocycles. The summed E-state index contributed by atoms with van der Waals surface area (Å²) >= 11 is 0. The quantitative estimate of drug-likeness (QED) is 0.617. The lowest BCUT2D eigenvalue weighted by atomic mass is 9.75. The molecule has 2 atom stereocenters. The van der Waals surface area contributed by atoms with Crippen molar-refractivity contribution < 1.29 is 0 Å². The number of nitrogens with zero attached hydrogens (tertiary/aromatic N) is 1. The molecule has 0 amide bonds. The van der Waals surface area contributed by atoms with Crippen LogP contribution in [0.5, 0.6) is 0 Å². The van der Waals surface area contributed by atoms with E-state index in [0.29, 0.717) is 11.3 Å². The lowest BCUT2D eigenvalue weighted by molar-refractivity contribution is 0.376. The van der Waals surface area contributed by atoms with Gasteiger partial charge in [-0.2, -0.15) is 0 Å². The maximum Gasteiger partial charge on any atom is 0.0571 e. The van der Waals surface area contributed by atoms with E-state index >= 15 is 0 Å². The van der Waals surface area contributed by atoms with Crippen molar-refractivity contribution >= 4 is 5.71 Å². The van der Waals surface area contributed by atoms with Gasteiger partial charge in [0.05, 0.1) is 6.54 Å². The van der Waals surface area contributed by atoms with E-state index in [1.807, 2.05) is 6.08 Å². The average molecular weight is 201 g/mol. The molecule has 0 heterocycles. The lowest BCUT2D eigenvalue weighted by Crippen LogP contribution is -2.28. The van der Waals surface area contributed by atoms with Crippen LogP contribution in [0.1, 0.15) is 25.7 Å². The van der Waals surface area contributed by atoms with E-state index in [1.165, 1.54) is 25.0 Å². The van der Waals surface area contributed by atoms with Gasteiger partial charge in [0, 0.05) is 11.1 Å². The van der Waals surface area contributed by atoms with Crippen LogP contribution in [0.2, 0.25) is 0 Å². The minimum Gasteiger partial charge on any atom is -0.285 e. The Morgan fingerprint density at radius 1 is 1.47 bits per heavy atom. The molecule has 0 spiro atoms. The minimum absolute atomic E-state index is 0.296. The van der Waals surface area contributed by atoms with E-state index in [4.69, 9.17) is 0 Å². The Labute approximate surface area is 92.3 Å². The Hall–Kier alpha value is -1.11. The number of hydrogen-bond acceptors (Lipinski definition) is 1. The number of allylic oxidation sites excluding steroid dienone is 3. The molecule has 0 aromatic carbocycles. The van der Waals surface area contributed by atoms with E-state index < -0.39 is 0 Å². The molecule has 1 nitrogen and oxygen atoms in total. The Morgan fingerprint density at radius 2 is 2.33 bits per heavy atom. The van der Waals surface area contributed by atoms with Crippen LogP contribution in [-0.2, 0) is 0 Å². The fraction of sp³-hybridized carbons (Fsp3) is 0.500. The van der Waals surface area contributed by atoms with Crippen LogP contribution in [0.15, 0.2) is 42.5 Å². The van der Waals surface area contributed by atoms with E-state index in [2.05, 4.69) is 36.4 Å². The highest BCUT2D eigenvalue weighted by Gasteiger charge is 2.46. The smallest absolute Gasteiger partial charge is 0.0571 e. The third kappa shape index (κ3) is 1.60. The van der Waals surface area contributed by atoms with Crippen molar-refractivity contribution in [3.05, 3.63) is 37.5 Å². The van der Waals surface area contributed by atoms with Crippen molar-refractivity contribution in [3.63, 3.8) is 0 Å². The highest BCUT2D eigenvalue weighted by molar-refractivity contribution is 6.02. The zero-order valence-electron chi connectivity index (χ0n) is 9.28. The molecule has 80 valence electrons. The molecular weight excluding hydrogens is 182 g/mol. The Balaban J connectivity index is 2.27. The van der Waals surface area contributed by atoms with Crippen molar-refractivity contribution in [2.75, 3.05) is 6.54 Å². The van der Waals surface area contributed by atoms with Crippen LogP contribution in [0.3, 0.4) is 0 Å². The molecule has 2 aliphatic carbocycles. The van der Waals surface area contributed by atoms with E-state index in [0.717, 1.165) is 13.0 Å². The normalized spacial score (nSPS) is 35.7. The second kappa shape index (κ2) is 4.18. The van der Waals surface area contributed by atoms with Crippen LogP contribution < -0.4 is 0 Å². The van der Waals surface area contributed by atoms with Crippen LogP contribution in [0.25, 0.3) is 0 Å². The maximum absolute atomic E-state index is 4.64. The third-order valence-corrected chi connectivity index (χ3v) is 3.74. The Kier molecular flexibility index (Phi) is 2.90. The molecule has 1 fully saturated rings. The van der Waals surface area contributed by atoms with Gasteiger partial charge in [-0.3, -0.25) is 4.99 Å². The zero-order chi connectivity index (χ0) is 10.7. The second-order valence-electron chi connectivity index (χ2n) is 4.52. The predicted molar refractivity (Wildman–Crippen MR) is 66.2 cm³/mol. The SMILES string of the molecule is C=CCN=C1C=C[C@H]2CCC[C@@]12CC=C. The highest BCUT2D eigenvalue weighted by atomic mass is 14.8. The van der Waals surface area contributed by atoms with Gasteiger partial charge in [-0.1, -0.05) is 24.6 Å². The summed E-state index contributed by atoms with van der Waals surface area (Å²) < 4.78 is 0. The molecule has 0 aromatic rings. The minimum atomic E-state index is 0.296. The van der Waals surface area contributed by atoms with Gasteiger partial charge in [0.15, 0.2) is 0 Å². The van der Waals surface area contributed by atoms with Crippen molar-refractivity contribution in [1.29, 1.82) is 0 Å². The van der Waals surface area contributed by atoms with Crippen LogP contribution in [0.4, 0.5) is 0 Å². The maximum atomic E-state index is 4.64. The largest absolute Gasteiger partial charge is 0.285 e. The predicted octanol–water partition coefficient (Wildman–Crippen LogP) is 3.55. The molecule has 0 N–H and O–H groups in total. The fourth-order valence-electron chi connectivity index (χ4n) is 3.06. The van der Waals surface area contributed by atoms with Crippen LogP contribution >= 0.6 is 0 Å². The van der Waals surface area contributed by atoms with Gasteiger partial charge in [-0.05, 0) is 31.3 Å². The van der Waals surface area contributed by atoms with Crippen molar-refractivity contribution in [3.8, 4) is 0 Å². The van der Waals surface area contributed by atoms with Gasteiger partial charge in [-0.15, -0.1) is 13.2 Å². The zero-order valence-corrected chi connectivity index (χ0v) is 9.28. The molecule has 1 heteroatoms. The fourth-order valence-corrected chi connectivity index (χ4v) is 3.06. The summed E-state index contributed by atoms with van der Waals surface area (Å²) in [4.78, 5) is 4.64. The molecular formula is C14H19N. The van der Waals surface area contributed by atoms with E-state index in [1.54, 1.807) is 0 Å². The summed E-state index contributed by atoms with van der Waals surface area (Å²) in [5.41, 5.74) is 1.58. The van der Waals surface area contributed by atoms with Crippen molar-refractivity contribution in [2.24, 2.45) is 16.3 Å². The first-order chi connectivity index (χ1) is 7.33. The van der Waals surface area contributed by atoms with Gasteiger partial charge >= 0.3 is 0 Å². The first-order valence-corrected chi connectivity index (χ1v) is 5.78. The summed E-state index contributed by atoms with van der Waals surface area (Å²) in [6.45, 7) is 8.36. The van der Waals surface area contributed by atoms with Gasteiger partial charge in [0.25, 0.3) is 0 Å². The first-order valence-electron chi connectivity index (χ1n) is 5.78. The molecule has 2 aliphatic rings. The standard InChI is InChI=1S/C14H19N/c1-3-9-14-10-5-6-12(14)7-8-13(14)15-11-4-2/h3-4,7-8,12H,1-2,5-6,9-11H2/t12-,14-/m1/s1. The van der Waals surface area contributed by atoms with Crippen LogP contribution in [0, 0.1) is 11.3 Å². The third-order valence-electron chi connectivity index (χ3n) is 3.74. The van der Waals surface area contributed by atoms with E-state index in [-0.39, 0.29) is 0 Å². The summed E-state index contributed by atoms with van der Waals surface area (Å²) in [5.74, 6) is 0.707. The average Bonchev–Trinajstić information content (AvgIpc) is 2.74. The molecule has 0 unspecified atom stereocenters. The Morgan fingerprint density at radius 3 is 3.07 bits per heavy atom. The van der Waals surface area contributed by atoms with Crippen molar-refractivity contribution in [1.82, 2.24) is 0 Å². The number of hydrogen-bond donors (Lipinski definition) is 0. The molecule has 0 aromatic heterocycles. The molecule has 0 saturated heterocycles. The van der Waals surface area contributed by atoms with Gasteiger partial charge in [0.1, 0.15) is 0 Å². The molecule has 15 heavy (non-hydrogen) atoms. The van der Waals surface area contributed by atoms with Gasteiger partial charge in [0.2, 0.25) is 0 Å². The Bertz CT molecular complexity index is 324. The number of rotatable bonds is 4. The van der Waals surface area contributed by atoms with E-state index in [9.17, 15) is 0 Å². The summed E-state index contributed by atoms with van der Waals surface area (Å²) in [6.07, 6.45) is 13.5. The van der Waals surface area contributed by atoms with Crippen LogP contribution in [-0.4, -0.2) is 12.3 Å². The summed E-state index contributed by atoms with van der Waals surface area (Å²) in [5, 5.41) is 0.